The van der Waals surface area contributed by atoms with Crippen LogP contribution in [0.4, 0.5) is 0 Å². The molecule has 1 atom stereocenters. The van der Waals surface area contributed by atoms with Gasteiger partial charge in [-0.1, -0.05) is 36.7 Å². The van der Waals surface area contributed by atoms with Gasteiger partial charge in [-0.15, -0.1) is 5.10 Å². The molecule has 7 nitrogen and oxygen atoms in total. The standard InChI is InChI=1S/C16H19ClN4O3/c1-4-13-14(15(22)20(3)9-10(2)16(23)24)18-19-21(13)12-7-5-6-11(17)8-12/h5-8,10H,4,9H2,1-3H3,(H,23,24). The molecule has 0 saturated carbocycles. The van der Waals surface area contributed by atoms with Gasteiger partial charge in [0.25, 0.3) is 5.91 Å². The monoisotopic (exact) mass is 350 g/mol. The third-order valence-corrected chi connectivity index (χ3v) is 3.90. The summed E-state index contributed by atoms with van der Waals surface area (Å²) in [5, 5.41) is 17.6. The largest absolute Gasteiger partial charge is 0.481 e. The van der Waals surface area contributed by atoms with Crippen LogP contribution < -0.4 is 0 Å². The fraction of sp³-hybridized carbons (Fsp3) is 0.375. The molecule has 1 unspecified atom stereocenters. The molecule has 1 N–H and O–H groups in total. The van der Waals surface area contributed by atoms with Crippen LogP contribution in [-0.2, 0) is 11.2 Å². The van der Waals surface area contributed by atoms with Crippen LogP contribution in [0.5, 0.6) is 0 Å². The first kappa shape index (κ1) is 17.9. The normalized spacial score (nSPS) is 12.0. The Balaban J connectivity index is 2.31. The van der Waals surface area contributed by atoms with Crippen LogP contribution in [0.1, 0.15) is 30.0 Å². The summed E-state index contributed by atoms with van der Waals surface area (Å²) in [6.45, 7) is 3.55. The quantitative estimate of drug-likeness (QED) is 0.863. The van der Waals surface area contributed by atoms with Crippen LogP contribution >= 0.6 is 11.6 Å². The fourth-order valence-corrected chi connectivity index (χ4v) is 2.54. The number of nitrogens with zero attached hydrogens (tertiary/aromatic N) is 4. The summed E-state index contributed by atoms with van der Waals surface area (Å²) in [5.74, 6) is -1.96. The number of aliphatic carboxylic acids is 1. The number of amides is 1. The van der Waals surface area contributed by atoms with Crippen LogP contribution in [0.15, 0.2) is 24.3 Å². The molecule has 0 radical (unpaired) electrons. The molecule has 0 fully saturated rings. The topological polar surface area (TPSA) is 88.3 Å². The number of carbonyl (C=O) groups excluding carboxylic acids is 1. The first-order valence-corrected chi connectivity index (χ1v) is 7.91. The van der Waals surface area contributed by atoms with Gasteiger partial charge in [0.15, 0.2) is 5.69 Å². The van der Waals surface area contributed by atoms with Crippen molar-refractivity contribution in [2.45, 2.75) is 20.3 Å². The van der Waals surface area contributed by atoms with E-state index in [0.717, 1.165) is 0 Å². The summed E-state index contributed by atoms with van der Waals surface area (Å²) in [6, 6.07) is 7.10. The maximum absolute atomic E-state index is 12.6. The third-order valence-electron chi connectivity index (χ3n) is 3.67. The lowest BCUT2D eigenvalue weighted by atomic mass is 10.1. The highest BCUT2D eigenvalue weighted by Gasteiger charge is 2.24. The minimum absolute atomic E-state index is 0.0986. The van der Waals surface area contributed by atoms with E-state index in [9.17, 15) is 9.59 Å². The molecular formula is C16H19ClN4O3. The molecule has 1 heterocycles. The van der Waals surface area contributed by atoms with Crippen LogP contribution in [-0.4, -0.2) is 50.5 Å². The average Bonchev–Trinajstić information content (AvgIpc) is 2.97. The second-order valence-electron chi connectivity index (χ2n) is 5.55. The Morgan fingerprint density at radius 3 is 2.71 bits per heavy atom. The highest BCUT2D eigenvalue weighted by Crippen LogP contribution is 2.18. The number of carboxylic acids is 1. The summed E-state index contributed by atoms with van der Waals surface area (Å²) in [6.07, 6.45) is 0.545. The van der Waals surface area contributed by atoms with E-state index >= 15 is 0 Å². The van der Waals surface area contributed by atoms with Gasteiger partial charge in [-0.25, -0.2) is 4.68 Å². The molecule has 1 aromatic heterocycles. The van der Waals surface area contributed by atoms with Gasteiger partial charge in [0.05, 0.1) is 17.3 Å². The molecule has 0 aliphatic rings. The molecule has 8 heteroatoms. The van der Waals surface area contributed by atoms with Crippen molar-refractivity contribution in [1.29, 1.82) is 0 Å². The van der Waals surface area contributed by atoms with Crippen molar-refractivity contribution in [2.75, 3.05) is 13.6 Å². The number of hydrogen-bond donors (Lipinski definition) is 1. The Labute approximate surface area is 144 Å². The molecular weight excluding hydrogens is 332 g/mol. The third kappa shape index (κ3) is 3.73. The minimum Gasteiger partial charge on any atom is -0.481 e. The molecule has 24 heavy (non-hydrogen) atoms. The lowest BCUT2D eigenvalue weighted by Gasteiger charge is -2.18. The maximum atomic E-state index is 12.6. The number of aromatic nitrogens is 3. The smallest absolute Gasteiger partial charge is 0.308 e. The Morgan fingerprint density at radius 1 is 1.42 bits per heavy atom. The molecule has 1 amide bonds. The first-order valence-electron chi connectivity index (χ1n) is 7.54. The van der Waals surface area contributed by atoms with Crippen LogP contribution in [0, 0.1) is 5.92 Å². The van der Waals surface area contributed by atoms with Crippen molar-refractivity contribution < 1.29 is 14.7 Å². The van der Waals surface area contributed by atoms with Crippen molar-refractivity contribution >= 4 is 23.5 Å². The summed E-state index contributed by atoms with van der Waals surface area (Å²) in [5.41, 5.74) is 1.59. The van der Waals surface area contributed by atoms with E-state index in [1.165, 1.54) is 4.90 Å². The number of carboxylic acid groups (broad SMARTS) is 1. The summed E-state index contributed by atoms with van der Waals surface area (Å²) in [4.78, 5) is 24.9. The molecule has 1 aromatic carbocycles. The van der Waals surface area contributed by atoms with Crippen LogP contribution in [0.3, 0.4) is 0 Å². The average molecular weight is 351 g/mol. The van der Waals surface area contributed by atoms with E-state index in [1.807, 2.05) is 13.0 Å². The predicted octanol–water partition coefficient (Wildman–Crippen LogP) is 2.28. The zero-order valence-corrected chi connectivity index (χ0v) is 14.5. The maximum Gasteiger partial charge on any atom is 0.308 e. The molecule has 0 bridgehead atoms. The first-order chi connectivity index (χ1) is 11.3. The Morgan fingerprint density at radius 2 is 2.12 bits per heavy atom. The van der Waals surface area contributed by atoms with Crippen molar-refractivity contribution in [3.63, 3.8) is 0 Å². The van der Waals surface area contributed by atoms with E-state index in [1.54, 1.807) is 36.9 Å². The Hall–Kier alpha value is -2.41. The second kappa shape index (κ2) is 7.44. The highest BCUT2D eigenvalue weighted by atomic mass is 35.5. The molecule has 0 saturated heterocycles. The number of carbonyl (C=O) groups is 2. The number of halogens is 1. The molecule has 2 rings (SSSR count). The van der Waals surface area contributed by atoms with Gasteiger partial charge in [0, 0.05) is 18.6 Å². The second-order valence-corrected chi connectivity index (χ2v) is 5.99. The van der Waals surface area contributed by atoms with Crippen molar-refractivity contribution in [2.24, 2.45) is 5.92 Å². The van der Waals surface area contributed by atoms with Gasteiger partial charge >= 0.3 is 5.97 Å². The highest BCUT2D eigenvalue weighted by molar-refractivity contribution is 6.30. The number of rotatable bonds is 6. The van der Waals surface area contributed by atoms with Gasteiger partial charge in [0.2, 0.25) is 0 Å². The van der Waals surface area contributed by atoms with Crippen LogP contribution in [0.25, 0.3) is 5.69 Å². The van der Waals surface area contributed by atoms with Gasteiger partial charge in [-0.3, -0.25) is 9.59 Å². The SMILES string of the molecule is CCc1c(C(=O)N(C)CC(C)C(=O)O)nnn1-c1cccc(Cl)c1. The molecule has 0 aliphatic carbocycles. The van der Waals surface area contributed by atoms with Gasteiger partial charge in [-0.05, 0) is 24.6 Å². The summed E-state index contributed by atoms with van der Waals surface area (Å²) < 4.78 is 1.58. The van der Waals surface area contributed by atoms with E-state index in [0.29, 0.717) is 22.8 Å². The van der Waals surface area contributed by atoms with E-state index < -0.39 is 11.9 Å². The lowest BCUT2D eigenvalue weighted by Crippen LogP contribution is -2.34. The molecule has 0 aliphatic heterocycles. The van der Waals surface area contributed by atoms with E-state index in [2.05, 4.69) is 10.3 Å². The molecule has 0 spiro atoms. The Kier molecular flexibility index (Phi) is 5.56. The van der Waals surface area contributed by atoms with Crippen molar-refractivity contribution in [1.82, 2.24) is 19.9 Å². The minimum atomic E-state index is -0.951. The van der Waals surface area contributed by atoms with Gasteiger partial charge in [-0.2, -0.15) is 0 Å². The lowest BCUT2D eigenvalue weighted by molar-refractivity contribution is -0.141. The van der Waals surface area contributed by atoms with Gasteiger partial charge < -0.3 is 10.0 Å². The fourth-order valence-electron chi connectivity index (χ4n) is 2.35. The van der Waals surface area contributed by atoms with E-state index in [-0.39, 0.29) is 18.1 Å². The molecule has 2 aromatic rings. The van der Waals surface area contributed by atoms with Crippen molar-refractivity contribution in [3.05, 3.63) is 40.7 Å². The summed E-state index contributed by atoms with van der Waals surface area (Å²) in [7, 11) is 1.56. The number of hydrogen-bond acceptors (Lipinski definition) is 4. The zero-order chi connectivity index (χ0) is 17.9. The Bertz CT molecular complexity index is 760. The van der Waals surface area contributed by atoms with Crippen molar-refractivity contribution in [3.8, 4) is 5.69 Å². The summed E-state index contributed by atoms with van der Waals surface area (Å²) >= 11 is 6.00. The van der Waals surface area contributed by atoms with Crippen LogP contribution in [0.2, 0.25) is 5.02 Å². The van der Waals surface area contributed by atoms with E-state index in [4.69, 9.17) is 16.7 Å². The number of benzene rings is 1. The molecule has 128 valence electrons. The predicted molar refractivity (Wildman–Crippen MR) is 89.5 cm³/mol. The zero-order valence-electron chi connectivity index (χ0n) is 13.7. The van der Waals surface area contributed by atoms with Gasteiger partial charge in [0.1, 0.15) is 0 Å².